The van der Waals surface area contributed by atoms with Crippen LogP contribution in [0.4, 0.5) is 5.82 Å². The number of carbonyl (C=O) groups excluding carboxylic acids is 2. The molecule has 2 amide bonds. The van der Waals surface area contributed by atoms with Crippen LogP contribution < -0.4 is 11.1 Å². The highest BCUT2D eigenvalue weighted by Gasteiger charge is 2.17. The number of rotatable bonds is 8. The first kappa shape index (κ1) is 22.2. The predicted octanol–water partition coefficient (Wildman–Crippen LogP) is 3.28. The standard InChI is InChI=1S/C26H27N5O2/c1-18(21-10-3-2-4-11-21)29-26-22(25(27)33)17-28-23(30-26)15-19-8-7-9-20(14-19)16-24(32)31-12-5-6-13-31/h2-11,14,17-18H,12-13,15-16H2,1H3,(H2,27,33)(H,28,29,30)/t18-/m1/s1. The van der Waals surface area contributed by atoms with Gasteiger partial charge in [-0.3, -0.25) is 9.59 Å². The summed E-state index contributed by atoms with van der Waals surface area (Å²) in [5.74, 6) is 0.508. The van der Waals surface area contributed by atoms with E-state index in [9.17, 15) is 9.59 Å². The Labute approximate surface area is 193 Å². The zero-order chi connectivity index (χ0) is 23.2. The Morgan fingerprint density at radius 2 is 1.79 bits per heavy atom. The number of hydrogen-bond acceptors (Lipinski definition) is 5. The molecule has 0 bridgehead atoms. The van der Waals surface area contributed by atoms with E-state index in [1.165, 1.54) is 6.20 Å². The van der Waals surface area contributed by atoms with Crippen LogP contribution in [-0.4, -0.2) is 39.8 Å². The number of carbonyl (C=O) groups is 2. The van der Waals surface area contributed by atoms with Gasteiger partial charge in [0, 0.05) is 31.7 Å². The first-order chi connectivity index (χ1) is 16.0. The van der Waals surface area contributed by atoms with Gasteiger partial charge in [0.05, 0.1) is 12.0 Å². The number of nitrogens with zero attached hydrogens (tertiary/aromatic N) is 3. The first-order valence-electron chi connectivity index (χ1n) is 11.0. The smallest absolute Gasteiger partial charge is 0.254 e. The molecule has 0 fully saturated rings. The number of anilines is 1. The van der Waals surface area contributed by atoms with Crippen molar-refractivity contribution in [3.63, 3.8) is 0 Å². The number of nitrogens with two attached hydrogens (primary N) is 1. The minimum absolute atomic E-state index is 0.0681. The third-order valence-corrected chi connectivity index (χ3v) is 5.64. The number of nitrogens with one attached hydrogen (secondary N) is 1. The Morgan fingerprint density at radius 3 is 2.52 bits per heavy atom. The summed E-state index contributed by atoms with van der Waals surface area (Å²) in [5.41, 5.74) is 8.82. The largest absolute Gasteiger partial charge is 0.365 e. The molecule has 3 aromatic rings. The van der Waals surface area contributed by atoms with Crippen molar-refractivity contribution in [3.8, 4) is 0 Å². The minimum Gasteiger partial charge on any atom is -0.365 e. The van der Waals surface area contributed by atoms with E-state index in [4.69, 9.17) is 5.73 Å². The van der Waals surface area contributed by atoms with Gasteiger partial charge in [0.15, 0.2) is 0 Å². The van der Waals surface area contributed by atoms with Crippen molar-refractivity contribution in [1.82, 2.24) is 14.9 Å². The molecule has 168 valence electrons. The van der Waals surface area contributed by atoms with Crippen LogP contribution in [0.3, 0.4) is 0 Å². The van der Waals surface area contributed by atoms with Crippen LogP contribution in [0, 0.1) is 0 Å². The summed E-state index contributed by atoms with van der Waals surface area (Å²) in [6.07, 6.45) is 6.31. The van der Waals surface area contributed by atoms with Gasteiger partial charge in [0.1, 0.15) is 11.6 Å². The number of primary amides is 1. The Morgan fingerprint density at radius 1 is 1.06 bits per heavy atom. The Hall–Kier alpha value is -4.00. The van der Waals surface area contributed by atoms with Crippen LogP contribution >= 0.6 is 0 Å². The average Bonchev–Trinajstić information content (AvgIpc) is 3.35. The zero-order valence-corrected chi connectivity index (χ0v) is 18.6. The normalized spacial score (nSPS) is 13.7. The molecule has 7 heteroatoms. The summed E-state index contributed by atoms with van der Waals surface area (Å²) in [6.45, 7) is 3.35. The molecular formula is C26H27N5O2. The molecule has 3 N–H and O–H groups in total. The first-order valence-corrected chi connectivity index (χ1v) is 11.0. The third kappa shape index (κ3) is 5.63. The van der Waals surface area contributed by atoms with Crippen LogP contribution in [0.25, 0.3) is 0 Å². The molecule has 2 heterocycles. The molecule has 0 radical (unpaired) electrons. The van der Waals surface area contributed by atoms with Crippen LogP contribution in [0.1, 0.15) is 45.8 Å². The van der Waals surface area contributed by atoms with Gasteiger partial charge in [0.25, 0.3) is 5.91 Å². The fourth-order valence-electron chi connectivity index (χ4n) is 3.82. The van der Waals surface area contributed by atoms with Gasteiger partial charge >= 0.3 is 0 Å². The Bertz CT molecular complexity index is 1170. The highest BCUT2D eigenvalue weighted by molar-refractivity contribution is 5.97. The van der Waals surface area contributed by atoms with E-state index in [0.717, 1.165) is 16.7 Å². The van der Waals surface area contributed by atoms with Gasteiger partial charge < -0.3 is 16.0 Å². The quantitative estimate of drug-likeness (QED) is 0.523. The molecule has 0 aliphatic carbocycles. The van der Waals surface area contributed by atoms with Gasteiger partial charge in [-0.05, 0) is 23.6 Å². The second-order valence-electron chi connectivity index (χ2n) is 8.13. The molecule has 33 heavy (non-hydrogen) atoms. The fraction of sp³-hybridized carbons (Fsp3) is 0.231. The lowest BCUT2D eigenvalue weighted by Gasteiger charge is -2.17. The molecule has 2 aromatic carbocycles. The van der Waals surface area contributed by atoms with Gasteiger partial charge in [-0.15, -0.1) is 0 Å². The second kappa shape index (κ2) is 10.1. The van der Waals surface area contributed by atoms with Crippen molar-refractivity contribution in [3.05, 3.63) is 101 Å². The molecule has 7 nitrogen and oxygen atoms in total. The van der Waals surface area contributed by atoms with Crippen molar-refractivity contribution in [2.75, 3.05) is 18.4 Å². The van der Waals surface area contributed by atoms with Crippen molar-refractivity contribution < 1.29 is 9.59 Å². The van der Waals surface area contributed by atoms with E-state index < -0.39 is 5.91 Å². The van der Waals surface area contributed by atoms with Gasteiger partial charge in [0.2, 0.25) is 5.91 Å². The van der Waals surface area contributed by atoms with Gasteiger partial charge in [-0.1, -0.05) is 66.7 Å². The summed E-state index contributed by atoms with van der Waals surface area (Å²) in [5, 5.41) is 3.29. The van der Waals surface area contributed by atoms with Crippen LogP contribution in [0.15, 0.2) is 72.9 Å². The topological polar surface area (TPSA) is 101 Å². The number of amides is 2. The second-order valence-corrected chi connectivity index (χ2v) is 8.13. The van der Waals surface area contributed by atoms with E-state index >= 15 is 0 Å². The average molecular weight is 442 g/mol. The molecular weight excluding hydrogens is 414 g/mol. The Balaban J connectivity index is 1.50. The predicted molar refractivity (Wildman–Crippen MR) is 128 cm³/mol. The van der Waals surface area contributed by atoms with Crippen LogP contribution in [0.2, 0.25) is 0 Å². The molecule has 1 aliphatic rings. The highest BCUT2D eigenvalue weighted by Crippen LogP contribution is 2.21. The summed E-state index contributed by atoms with van der Waals surface area (Å²) in [4.78, 5) is 35.2. The fourth-order valence-corrected chi connectivity index (χ4v) is 3.82. The summed E-state index contributed by atoms with van der Waals surface area (Å²) >= 11 is 0. The maximum Gasteiger partial charge on any atom is 0.254 e. The maximum absolute atomic E-state index is 12.5. The molecule has 0 unspecified atom stereocenters. The molecule has 1 atom stereocenters. The lowest BCUT2D eigenvalue weighted by molar-refractivity contribution is -0.129. The molecule has 0 spiro atoms. The van der Waals surface area contributed by atoms with Crippen LogP contribution in [-0.2, 0) is 17.6 Å². The van der Waals surface area contributed by atoms with E-state index in [0.29, 0.717) is 37.6 Å². The SMILES string of the molecule is C[C@@H](Nc1nc(Cc2cccc(CC(=O)N3CC=CC3)c2)ncc1C(N)=O)c1ccccc1. The summed E-state index contributed by atoms with van der Waals surface area (Å²) in [7, 11) is 0. The zero-order valence-electron chi connectivity index (χ0n) is 18.6. The lowest BCUT2D eigenvalue weighted by Crippen LogP contribution is -2.29. The molecule has 1 aromatic heterocycles. The van der Waals surface area contributed by atoms with E-state index in [1.807, 2.05) is 78.6 Å². The molecule has 0 saturated carbocycles. The highest BCUT2D eigenvalue weighted by atomic mass is 16.2. The van der Waals surface area contributed by atoms with Crippen LogP contribution in [0.5, 0.6) is 0 Å². The molecule has 1 aliphatic heterocycles. The minimum atomic E-state index is -0.582. The molecule has 4 rings (SSSR count). The maximum atomic E-state index is 12.5. The van der Waals surface area contributed by atoms with Crippen molar-refractivity contribution >= 4 is 17.6 Å². The Kier molecular flexibility index (Phi) is 6.78. The van der Waals surface area contributed by atoms with E-state index in [1.54, 1.807) is 0 Å². The van der Waals surface area contributed by atoms with Gasteiger partial charge in [-0.25, -0.2) is 9.97 Å². The van der Waals surface area contributed by atoms with Gasteiger partial charge in [-0.2, -0.15) is 0 Å². The monoisotopic (exact) mass is 441 g/mol. The van der Waals surface area contributed by atoms with Crippen molar-refractivity contribution in [2.24, 2.45) is 5.73 Å². The summed E-state index contributed by atoms with van der Waals surface area (Å²) in [6, 6.07) is 17.7. The van der Waals surface area contributed by atoms with E-state index in [2.05, 4.69) is 15.3 Å². The molecule has 0 saturated heterocycles. The number of benzene rings is 2. The van der Waals surface area contributed by atoms with Crippen molar-refractivity contribution in [1.29, 1.82) is 0 Å². The van der Waals surface area contributed by atoms with E-state index in [-0.39, 0.29) is 17.5 Å². The van der Waals surface area contributed by atoms with Crippen molar-refractivity contribution in [2.45, 2.75) is 25.8 Å². The summed E-state index contributed by atoms with van der Waals surface area (Å²) < 4.78 is 0. The third-order valence-electron chi connectivity index (χ3n) is 5.64. The lowest BCUT2D eigenvalue weighted by atomic mass is 10.0. The number of aromatic nitrogens is 2. The number of hydrogen-bond donors (Lipinski definition) is 2.